The van der Waals surface area contributed by atoms with Gasteiger partial charge in [0.05, 0.1) is 23.8 Å². The molecule has 3 amide bonds. The van der Waals surface area contributed by atoms with Gasteiger partial charge in [-0.15, -0.1) is 0 Å². The predicted molar refractivity (Wildman–Crippen MR) is 107 cm³/mol. The lowest BCUT2D eigenvalue weighted by Gasteiger charge is -2.35. The highest BCUT2D eigenvalue weighted by atomic mass is 16.2. The van der Waals surface area contributed by atoms with Crippen molar-refractivity contribution in [3.8, 4) is 0 Å². The first kappa shape index (κ1) is 18.5. The third-order valence-corrected chi connectivity index (χ3v) is 5.76. The van der Waals surface area contributed by atoms with Crippen LogP contribution >= 0.6 is 0 Å². The quantitative estimate of drug-likeness (QED) is 0.785. The number of benzene rings is 1. The normalized spacial score (nSPS) is 23.5. The van der Waals surface area contributed by atoms with Crippen LogP contribution in [-0.4, -0.2) is 59.7 Å². The first-order valence-corrected chi connectivity index (χ1v) is 9.83. The molecular formula is C21H26N4O3. The molecule has 0 aliphatic carbocycles. The molecule has 4 aliphatic rings. The molecule has 0 radical (unpaired) electrons. The van der Waals surface area contributed by atoms with Gasteiger partial charge in [-0.05, 0) is 44.9 Å². The van der Waals surface area contributed by atoms with Gasteiger partial charge in [-0.1, -0.05) is 11.6 Å². The van der Waals surface area contributed by atoms with Crippen molar-refractivity contribution in [2.45, 2.75) is 32.7 Å². The average molecular weight is 382 g/mol. The SMILES string of the molecule is CC(C)=CCN1C(=O)[C@@H]2CC[C@H]1CN(C(=O)c1ccc3c(c1)NC(=O)CN3)C2. The van der Waals surface area contributed by atoms with Crippen LogP contribution in [-0.2, 0) is 9.59 Å². The van der Waals surface area contributed by atoms with Gasteiger partial charge in [0.2, 0.25) is 11.8 Å². The summed E-state index contributed by atoms with van der Waals surface area (Å²) in [6.45, 7) is 5.92. The number of carbonyl (C=O) groups is 3. The Morgan fingerprint density at radius 3 is 2.79 bits per heavy atom. The molecule has 5 rings (SSSR count). The van der Waals surface area contributed by atoms with Gasteiger partial charge >= 0.3 is 0 Å². The smallest absolute Gasteiger partial charge is 0.254 e. The lowest BCUT2D eigenvalue weighted by atomic mass is 9.94. The molecule has 3 saturated heterocycles. The largest absolute Gasteiger partial charge is 0.374 e. The first-order chi connectivity index (χ1) is 13.4. The molecule has 4 heterocycles. The minimum Gasteiger partial charge on any atom is -0.374 e. The second-order valence-corrected chi connectivity index (χ2v) is 8.07. The highest BCUT2D eigenvalue weighted by Gasteiger charge is 2.41. The molecule has 148 valence electrons. The fourth-order valence-corrected chi connectivity index (χ4v) is 4.21. The van der Waals surface area contributed by atoms with Gasteiger partial charge in [-0.3, -0.25) is 14.4 Å². The van der Waals surface area contributed by atoms with Crippen LogP contribution in [0, 0.1) is 5.92 Å². The number of anilines is 2. The van der Waals surface area contributed by atoms with E-state index in [2.05, 4.69) is 16.7 Å². The van der Waals surface area contributed by atoms with Crippen LogP contribution in [0.2, 0.25) is 0 Å². The zero-order chi connectivity index (χ0) is 19.8. The molecule has 28 heavy (non-hydrogen) atoms. The van der Waals surface area contributed by atoms with Gasteiger partial charge in [0, 0.05) is 31.2 Å². The average Bonchev–Trinajstić information content (AvgIpc) is 2.96. The zero-order valence-corrected chi connectivity index (χ0v) is 16.3. The number of piperidine rings is 1. The Balaban J connectivity index is 1.55. The second kappa shape index (κ2) is 7.30. The number of rotatable bonds is 3. The maximum atomic E-state index is 13.2. The van der Waals surface area contributed by atoms with E-state index in [9.17, 15) is 14.4 Å². The number of amides is 3. The lowest BCUT2D eigenvalue weighted by Crippen LogP contribution is -2.48. The Hall–Kier alpha value is -2.83. The van der Waals surface area contributed by atoms with Crippen molar-refractivity contribution in [2.24, 2.45) is 5.92 Å². The number of nitrogens with zero attached hydrogens (tertiary/aromatic N) is 2. The van der Waals surface area contributed by atoms with Crippen LogP contribution < -0.4 is 10.6 Å². The molecule has 0 aromatic heterocycles. The molecule has 0 saturated carbocycles. The van der Waals surface area contributed by atoms with E-state index in [0.717, 1.165) is 18.5 Å². The van der Waals surface area contributed by atoms with E-state index in [1.165, 1.54) is 5.57 Å². The van der Waals surface area contributed by atoms with E-state index in [-0.39, 0.29) is 36.2 Å². The topological polar surface area (TPSA) is 81.8 Å². The molecule has 2 atom stereocenters. The van der Waals surface area contributed by atoms with Crippen molar-refractivity contribution in [1.29, 1.82) is 0 Å². The Morgan fingerprint density at radius 1 is 1.18 bits per heavy atom. The van der Waals surface area contributed by atoms with Gasteiger partial charge < -0.3 is 20.4 Å². The fraction of sp³-hybridized carbons (Fsp3) is 0.476. The van der Waals surface area contributed by atoms with Crippen molar-refractivity contribution >= 4 is 29.1 Å². The van der Waals surface area contributed by atoms with Gasteiger partial charge in [0.25, 0.3) is 5.91 Å². The highest BCUT2D eigenvalue weighted by Crippen LogP contribution is 2.31. The summed E-state index contributed by atoms with van der Waals surface area (Å²) < 4.78 is 0. The molecule has 4 aliphatic heterocycles. The van der Waals surface area contributed by atoms with E-state index in [0.29, 0.717) is 30.9 Å². The maximum Gasteiger partial charge on any atom is 0.254 e. The molecule has 3 fully saturated rings. The minimum absolute atomic E-state index is 0.0600. The molecule has 2 N–H and O–H groups in total. The Labute approximate surface area is 164 Å². The van der Waals surface area contributed by atoms with Crippen molar-refractivity contribution in [1.82, 2.24) is 9.80 Å². The highest BCUT2D eigenvalue weighted by molar-refractivity contribution is 6.03. The summed E-state index contributed by atoms with van der Waals surface area (Å²) in [5, 5.41) is 5.83. The molecule has 2 bridgehead atoms. The van der Waals surface area contributed by atoms with Gasteiger partial charge in [-0.25, -0.2) is 0 Å². The van der Waals surface area contributed by atoms with E-state index in [1.807, 2.05) is 29.7 Å². The Morgan fingerprint density at radius 2 is 2.00 bits per heavy atom. The van der Waals surface area contributed by atoms with Crippen molar-refractivity contribution in [2.75, 3.05) is 36.8 Å². The molecule has 0 unspecified atom stereocenters. The van der Waals surface area contributed by atoms with E-state index in [1.54, 1.807) is 12.1 Å². The summed E-state index contributed by atoms with van der Waals surface area (Å²) in [6, 6.07) is 5.38. The maximum absolute atomic E-state index is 13.2. The molecule has 1 aromatic rings. The summed E-state index contributed by atoms with van der Waals surface area (Å²) in [4.78, 5) is 41.4. The predicted octanol–water partition coefficient (Wildman–Crippen LogP) is 2.08. The monoisotopic (exact) mass is 382 g/mol. The molecule has 1 aromatic carbocycles. The third kappa shape index (κ3) is 3.48. The van der Waals surface area contributed by atoms with E-state index >= 15 is 0 Å². The number of hydrogen-bond donors (Lipinski definition) is 2. The van der Waals surface area contributed by atoms with Crippen molar-refractivity contribution in [3.05, 3.63) is 35.4 Å². The number of carbonyl (C=O) groups excluding carboxylic acids is 3. The summed E-state index contributed by atoms with van der Waals surface area (Å²) in [7, 11) is 0. The summed E-state index contributed by atoms with van der Waals surface area (Å²) in [5.74, 6) is -0.181. The number of allylic oxidation sites excluding steroid dienone is 1. The van der Waals surface area contributed by atoms with E-state index in [4.69, 9.17) is 0 Å². The minimum atomic E-state index is -0.132. The van der Waals surface area contributed by atoms with Crippen molar-refractivity contribution in [3.63, 3.8) is 0 Å². The fourth-order valence-electron chi connectivity index (χ4n) is 4.21. The Bertz CT molecular complexity index is 859. The summed E-state index contributed by atoms with van der Waals surface area (Å²) >= 11 is 0. The Kier molecular flexibility index (Phi) is 4.83. The van der Waals surface area contributed by atoms with Crippen LogP contribution in [0.4, 0.5) is 11.4 Å². The van der Waals surface area contributed by atoms with Gasteiger partial charge in [0.15, 0.2) is 0 Å². The van der Waals surface area contributed by atoms with Gasteiger partial charge in [0.1, 0.15) is 0 Å². The van der Waals surface area contributed by atoms with E-state index < -0.39 is 0 Å². The first-order valence-electron chi connectivity index (χ1n) is 9.83. The van der Waals surface area contributed by atoms with Crippen molar-refractivity contribution < 1.29 is 14.4 Å². The molecule has 0 spiro atoms. The molecular weight excluding hydrogens is 356 g/mol. The van der Waals surface area contributed by atoms with Crippen LogP contribution in [0.3, 0.4) is 0 Å². The number of hydrogen-bond acceptors (Lipinski definition) is 4. The molecule has 7 nitrogen and oxygen atoms in total. The summed E-state index contributed by atoms with van der Waals surface area (Å²) in [5.41, 5.74) is 3.16. The van der Waals surface area contributed by atoms with Crippen LogP contribution in [0.1, 0.15) is 37.0 Å². The molecule has 7 heteroatoms. The third-order valence-electron chi connectivity index (χ3n) is 5.76. The number of nitrogens with one attached hydrogen (secondary N) is 2. The number of fused-ring (bicyclic) bond motifs is 5. The zero-order valence-electron chi connectivity index (χ0n) is 16.3. The summed E-state index contributed by atoms with van der Waals surface area (Å²) in [6.07, 6.45) is 3.84. The van der Waals surface area contributed by atoms with Crippen LogP contribution in [0.5, 0.6) is 0 Å². The second-order valence-electron chi connectivity index (χ2n) is 8.07. The van der Waals surface area contributed by atoms with Crippen LogP contribution in [0.25, 0.3) is 0 Å². The lowest BCUT2D eigenvalue weighted by molar-refractivity contribution is -0.139. The van der Waals surface area contributed by atoms with Gasteiger partial charge in [-0.2, -0.15) is 0 Å². The van der Waals surface area contributed by atoms with Crippen LogP contribution in [0.15, 0.2) is 29.8 Å². The standard InChI is InChI=1S/C21H26N4O3/c1-13(2)7-8-25-16-5-3-15(21(25)28)11-24(12-16)20(27)14-4-6-17-18(9-14)23-19(26)10-22-17/h4,6-7,9,15-16,22H,3,5,8,10-12H2,1-2H3,(H,23,26)/t15-,16+/m1/s1.